The second kappa shape index (κ2) is 6.03. The first kappa shape index (κ1) is 13.1. The summed E-state index contributed by atoms with van der Waals surface area (Å²) in [5.74, 6) is 1.56. The number of nitrogens with one attached hydrogen (secondary N) is 1. The fourth-order valence-electron chi connectivity index (χ4n) is 3.34. The van der Waals surface area contributed by atoms with Crippen molar-refractivity contribution < 1.29 is 0 Å². The first-order valence-electron chi connectivity index (χ1n) is 7.20. The van der Waals surface area contributed by atoms with Gasteiger partial charge in [0, 0.05) is 19.1 Å². The van der Waals surface area contributed by atoms with Crippen LogP contribution in [0.5, 0.6) is 0 Å². The molecule has 0 aromatic rings. The van der Waals surface area contributed by atoms with Crippen molar-refractivity contribution in [2.75, 3.05) is 13.1 Å². The molecule has 2 aliphatic rings. The van der Waals surface area contributed by atoms with Crippen molar-refractivity contribution in [3.63, 3.8) is 0 Å². The Morgan fingerprint density at radius 1 is 1.06 bits per heavy atom. The Hall–Kier alpha value is -0.310. The van der Waals surface area contributed by atoms with Gasteiger partial charge in [-0.3, -0.25) is 0 Å². The number of thiocarbonyl (C=S) groups is 1. The van der Waals surface area contributed by atoms with Crippen molar-refractivity contribution in [3.8, 4) is 0 Å². The van der Waals surface area contributed by atoms with Crippen molar-refractivity contribution in [1.29, 1.82) is 0 Å². The van der Waals surface area contributed by atoms with Crippen molar-refractivity contribution in [3.05, 3.63) is 0 Å². The Balaban J connectivity index is 1.81. The summed E-state index contributed by atoms with van der Waals surface area (Å²) in [6.07, 6.45) is 8.10. The molecule has 1 N–H and O–H groups in total. The average Bonchev–Trinajstić information content (AvgIpc) is 2.29. The molecule has 2 nitrogen and oxygen atoms in total. The molecule has 1 saturated carbocycles. The van der Waals surface area contributed by atoms with Crippen LogP contribution in [0.3, 0.4) is 0 Å². The maximum absolute atomic E-state index is 5.58. The molecule has 17 heavy (non-hydrogen) atoms. The van der Waals surface area contributed by atoms with Gasteiger partial charge in [-0.25, -0.2) is 0 Å². The minimum atomic E-state index is 0.642. The Labute approximate surface area is 111 Å². The summed E-state index contributed by atoms with van der Waals surface area (Å²) in [6.45, 7) is 6.96. The molecule has 0 aromatic carbocycles. The molecule has 2 fully saturated rings. The van der Waals surface area contributed by atoms with Crippen LogP contribution in [0.2, 0.25) is 0 Å². The Kier molecular flexibility index (Phi) is 4.66. The van der Waals surface area contributed by atoms with Crippen LogP contribution in [-0.2, 0) is 0 Å². The first-order valence-corrected chi connectivity index (χ1v) is 7.61. The van der Waals surface area contributed by atoms with Crippen LogP contribution in [0.4, 0.5) is 0 Å². The van der Waals surface area contributed by atoms with Crippen LogP contribution in [0.15, 0.2) is 0 Å². The summed E-state index contributed by atoms with van der Waals surface area (Å²) in [5.41, 5.74) is 0. The maximum atomic E-state index is 5.58. The number of hydrogen-bond acceptors (Lipinski definition) is 1. The van der Waals surface area contributed by atoms with Crippen LogP contribution < -0.4 is 5.32 Å². The highest BCUT2D eigenvalue weighted by Crippen LogP contribution is 2.22. The second-order valence-electron chi connectivity index (χ2n) is 6.14. The van der Waals surface area contributed by atoms with Gasteiger partial charge in [-0.2, -0.15) is 0 Å². The van der Waals surface area contributed by atoms with E-state index in [0.717, 1.165) is 30.0 Å². The van der Waals surface area contributed by atoms with E-state index < -0.39 is 0 Å². The molecular weight excluding hydrogens is 228 g/mol. The molecule has 98 valence electrons. The van der Waals surface area contributed by atoms with Crippen LogP contribution in [0.1, 0.15) is 52.4 Å². The summed E-state index contributed by atoms with van der Waals surface area (Å²) in [6, 6.07) is 0.642. The van der Waals surface area contributed by atoms with E-state index in [9.17, 15) is 0 Å². The highest BCUT2D eigenvalue weighted by atomic mass is 32.1. The summed E-state index contributed by atoms with van der Waals surface area (Å²) >= 11 is 5.58. The molecule has 0 amide bonds. The zero-order chi connectivity index (χ0) is 12.3. The van der Waals surface area contributed by atoms with E-state index in [1.54, 1.807) is 0 Å². The highest BCUT2D eigenvalue weighted by Gasteiger charge is 2.24. The molecule has 0 unspecified atom stereocenters. The molecule has 0 aromatic heterocycles. The molecule has 1 saturated heterocycles. The predicted molar refractivity (Wildman–Crippen MR) is 77.1 cm³/mol. The van der Waals surface area contributed by atoms with Crippen LogP contribution >= 0.6 is 12.2 Å². The van der Waals surface area contributed by atoms with Gasteiger partial charge in [-0.05, 0) is 43.3 Å². The number of piperidine rings is 1. The largest absolute Gasteiger partial charge is 0.360 e. The number of hydrogen-bond donors (Lipinski definition) is 1. The van der Waals surface area contributed by atoms with Gasteiger partial charge in [-0.1, -0.05) is 33.1 Å². The van der Waals surface area contributed by atoms with Crippen LogP contribution in [0, 0.1) is 11.8 Å². The normalized spacial score (nSPS) is 31.3. The fraction of sp³-hybridized carbons (Fsp3) is 0.929. The number of rotatable bonds is 1. The van der Waals surface area contributed by atoms with Gasteiger partial charge in [0.25, 0.3) is 0 Å². The smallest absolute Gasteiger partial charge is 0.169 e. The van der Waals surface area contributed by atoms with Gasteiger partial charge >= 0.3 is 0 Å². The highest BCUT2D eigenvalue weighted by molar-refractivity contribution is 7.80. The molecule has 1 aliphatic carbocycles. The molecule has 3 heteroatoms. The summed E-state index contributed by atoms with van der Waals surface area (Å²) in [4.78, 5) is 2.39. The molecule has 0 bridgehead atoms. The number of likely N-dealkylation sites (tertiary alicyclic amines) is 1. The van der Waals surface area contributed by atoms with Gasteiger partial charge in [-0.15, -0.1) is 0 Å². The van der Waals surface area contributed by atoms with Crippen LogP contribution in [0.25, 0.3) is 0 Å². The third-order valence-electron chi connectivity index (χ3n) is 4.09. The third kappa shape index (κ3) is 3.84. The lowest BCUT2D eigenvalue weighted by Gasteiger charge is -2.38. The molecule has 2 rings (SSSR count). The lowest BCUT2D eigenvalue weighted by molar-refractivity contribution is 0.209. The minimum Gasteiger partial charge on any atom is -0.360 e. The van der Waals surface area contributed by atoms with E-state index in [2.05, 4.69) is 24.1 Å². The van der Waals surface area contributed by atoms with Gasteiger partial charge in [0.2, 0.25) is 0 Å². The SMILES string of the molecule is C[C@@H]1C[C@H](C)CN(C(=S)NC2CCCCC2)C1. The van der Waals surface area contributed by atoms with Crippen molar-refractivity contribution in [1.82, 2.24) is 10.2 Å². The second-order valence-corrected chi connectivity index (χ2v) is 6.52. The topological polar surface area (TPSA) is 15.3 Å². The maximum Gasteiger partial charge on any atom is 0.169 e. The quantitative estimate of drug-likeness (QED) is 0.724. The van der Waals surface area contributed by atoms with E-state index in [4.69, 9.17) is 12.2 Å². The molecule has 1 heterocycles. The Bertz CT molecular complexity index is 251. The molecule has 1 aliphatic heterocycles. The van der Waals surface area contributed by atoms with Gasteiger partial charge in [0.15, 0.2) is 5.11 Å². The van der Waals surface area contributed by atoms with Gasteiger partial charge < -0.3 is 10.2 Å². The first-order chi connectivity index (χ1) is 8.15. The van der Waals surface area contributed by atoms with E-state index in [-0.39, 0.29) is 0 Å². The van der Waals surface area contributed by atoms with E-state index in [0.29, 0.717) is 6.04 Å². The van der Waals surface area contributed by atoms with Gasteiger partial charge in [0.05, 0.1) is 0 Å². The summed E-state index contributed by atoms with van der Waals surface area (Å²) in [5, 5.41) is 4.60. The third-order valence-corrected chi connectivity index (χ3v) is 4.46. The zero-order valence-electron chi connectivity index (χ0n) is 11.2. The predicted octanol–water partition coefficient (Wildman–Crippen LogP) is 3.17. The average molecular weight is 254 g/mol. The summed E-state index contributed by atoms with van der Waals surface area (Å²) < 4.78 is 0. The monoisotopic (exact) mass is 254 g/mol. The van der Waals surface area contributed by atoms with E-state index in [1.165, 1.54) is 38.5 Å². The Morgan fingerprint density at radius 3 is 2.24 bits per heavy atom. The fourth-order valence-corrected chi connectivity index (χ4v) is 3.66. The van der Waals surface area contributed by atoms with Crippen molar-refractivity contribution >= 4 is 17.3 Å². The molecule has 0 radical (unpaired) electrons. The van der Waals surface area contributed by atoms with Crippen molar-refractivity contribution in [2.24, 2.45) is 11.8 Å². The van der Waals surface area contributed by atoms with Crippen molar-refractivity contribution in [2.45, 2.75) is 58.4 Å². The number of nitrogens with zero attached hydrogens (tertiary/aromatic N) is 1. The summed E-state index contributed by atoms with van der Waals surface area (Å²) in [7, 11) is 0. The van der Waals surface area contributed by atoms with E-state index >= 15 is 0 Å². The zero-order valence-corrected chi connectivity index (χ0v) is 12.1. The molecular formula is C14H26N2S. The van der Waals surface area contributed by atoms with Gasteiger partial charge in [0.1, 0.15) is 0 Å². The minimum absolute atomic E-state index is 0.642. The molecule has 2 atom stereocenters. The molecule has 0 spiro atoms. The van der Waals surface area contributed by atoms with E-state index in [1.807, 2.05) is 0 Å². The lowest BCUT2D eigenvalue weighted by atomic mass is 9.92. The lowest BCUT2D eigenvalue weighted by Crippen LogP contribution is -2.50. The van der Waals surface area contributed by atoms with Crippen LogP contribution in [-0.4, -0.2) is 29.1 Å². The Morgan fingerprint density at radius 2 is 1.65 bits per heavy atom. The standard InChI is InChI=1S/C14H26N2S/c1-11-8-12(2)10-16(9-11)14(17)15-13-6-4-3-5-7-13/h11-13H,3-10H2,1-2H3,(H,15,17)/t11-,12+.